The van der Waals surface area contributed by atoms with Crippen molar-refractivity contribution in [2.75, 3.05) is 32.7 Å². The molecule has 2 heterocycles. The molecule has 1 aromatic heterocycles. The summed E-state index contributed by atoms with van der Waals surface area (Å²) in [6.07, 6.45) is 1.64. The van der Waals surface area contributed by atoms with Gasteiger partial charge in [0.2, 0.25) is 0 Å². The zero-order chi connectivity index (χ0) is 14.9. The second kappa shape index (κ2) is 5.54. The van der Waals surface area contributed by atoms with Crippen LogP contribution in [0.3, 0.4) is 0 Å². The van der Waals surface area contributed by atoms with E-state index in [1.165, 1.54) is 0 Å². The lowest BCUT2D eigenvalue weighted by atomic mass is 10.1. The predicted molar refractivity (Wildman–Crippen MR) is 76.6 cm³/mol. The predicted octanol–water partition coefficient (Wildman–Crippen LogP) is 0.257. The molecule has 1 fully saturated rings. The first-order valence-electron chi connectivity index (χ1n) is 7.00. The van der Waals surface area contributed by atoms with Gasteiger partial charge < -0.3 is 10.0 Å². The Kier molecular flexibility index (Phi) is 4.15. The summed E-state index contributed by atoms with van der Waals surface area (Å²) in [6, 6.07) is 0. The number of carbonyl (C=O) groups is 1. The molecule has 0 spiro atoms. The van der Waals surface area contributed by atoms with Crippen molar-refractivity contribution in [2.24, 2.45) is 7.05 Å². The second-order valence-corrected chi connectivity index (χ2v) is 6.15. The van der Waals surface area contributed by atoms with Crippen molar-refractivity contribution < 1.29 is 9.90 Å². The van der Waals surface area contributed by atoms with E-state index >= 15 is 0 Å². The van der Waals surface area contributed by atoms with Gasteiger partial charge in [-0.05, 0) is 20.8 Å². The summed E-state index contributed by atoms with van der Waals surface area (Å²) >= 11 is 0. The lowest BCUT2D eigenvalue weighted by molar-refractivity contribution is 0.0178. The Morgan fingerprint density at radius 3 is 2.40 bits per heavy atom. The number of aromatic nitrogens is 2. The van der Waals surface area contributed by atoms with Crippen molar-refractivity contribution in [1.82, 2.24) is 19.6 Å². The summed E-state index contributed by atoms with van der Waals surface area (Å²) in [7, 11) is 1.84. The van der Waals surface area contributed by atoms with Gasteiger partial charge in [0, 0.05) is 45.5 Å². The number of piperazine rings is 1. The molecule has 0 aliphatic carbocycles. The van der Waals surface area contributed by atoms with Crippen LogP contribution in [0.25, 0.3) is 0 Å². The fourth-order valence-electron chi connectivity index (χ4n) is 2.54. The van der Waals surface area contributed by atoms with Gasteiger partial charge in [-0.25, -0.2) is 0 Å². The maximum atomic E-state index is 12.4. The topological polar surface area (TPSA) is 61.6 Å². The Bertz CT molecular complexity index is 482. The molecule has 6 nitrogen and oxygen atoms in total. The second-order valence-electron chi connectivity index (χ2n) is 6.15. The largest absolute Gasteiger partial charge is 0.389 e. The number of nitrogens with zero attached hydrogens (tertiary/aromatic N) is 4. The third-order valence-electron chi connectivity index (χ3n) is 3.74. The number of hydrogen-bond donors (Lipinski definition) is 1. The SMILES string of the molecule is Cc1c(C(=O)N2CCN(CC(C)(C)O)CC2)cnn1C. The van der Waals surface area contributed by atoms with Gasteiger partial charge in [0.25, 0.3) is 5.91 Å². The van der Waals surface area contributed by atoms with Gasteiger partial charge in [-0.2, -0.15) is 5.10 Å². The van der Waals surface area contributed by atoms with Crippen LogP contribution in [0.2, 0.25) is 0 Å². The standard InChI is InChI=1S/C14H24N4O2/c1-11-12(9-15-16(11)4)13(19)18-7-5-17(6-8-18)10-14(2,3)20/h9,20H,5-8,10H2,1-4H3. The van der Waals surface area contributed by atoms with Gasteiger partial charge >= 0.3 is 0 Å². The molecule has 2 rings (SSSR count). The number of β-amino-alcohol motifs (C(OH)–C–C–N with tert-alkyl or cyclic N) is 1. The number of aryl methyl sites for hydroxylation is 1. The number of carbonyl (C=O) groups excluding carboxylic acids is 1. The first-order valence-corrected chi connectivity index (χ1v) is 7.00. The Labute approximate surface area is 120 Å². The van der Waals surface area contributed by atoms with Crippen LogP contribution in [0.15, 0.2) is 6.20 Å². The third kappa shape index (κ3) is 3.37. The molecule has 0 atom stereocenters. The molecular weight excluding hydrogens is 256 g/mol. The van der Waals surface area contributed by atoms with Crippen LogP contribution in [0.5, 0.6) is 0 Å². The number of amides is 1. The highest BCUT2D eigenvalue weighted by Crippen LogP contribution is 2.13. The van der Waals surface area contributed by atoms with E-state index in [-0.39, 0.29) is 5.91 Å². The highest BCUT2D eigenvalue weighted by molar-refractivity contribution is 5.95. The fraction of sp³-hybridized carbons (Fsp3) is 0.714. The van der Waals surface area contributed by atoms with Crippen molar-refractivity contribution >= 4 is 5.91 Å². The molecule has 0 unspecified atom stereocenters. The smallest absolute Gasteiger partial charge is 0.257 e. The quantitative estimate of drug-likeness (QED) is 0.862. The lowest BCUT2D eigenvalue weighted by Crippen LogP contribution is -2.52. The maximum absolute atomic E-state index is 12.4. The summed E-state index contributed by atoms with van der Waals surface area (Å²) in [6.45, 7) is 9.16. The molecule has 0 saturated carbocycles. The first kappa shape index (κ1) is 15.0. The Morgan fingerprint density at radius 2 is 1.95 bits per heavy atom. The summed E-state index contributed by atoms with van der Waals surface area (Å²) in [5.74, 6) is 0.0542. The number of hydrogen-bond acceptors (Lipinski definition) is 4. The van der Waals surface area contributed by atoms with Gasteiger partial charge in [-0.1, -0.05) is 0 Å². The zero-order valence-electron chi connectivity index (χ0n) is 12.8. The molecule has 1 N–H and O–H groups in total. The normalized spacial score (nSPS) is 17.6. The van der Waals surface area contributed by atoms with E-state index in [1.807, 2.05) is 32.7 Å². The van der Waals surface area contributed by atoms with Crippen molar-refractivity contribution in [3.8, 4) is 0 Å². The Balaban J connectivity index is 1.94. The van der Waals surface area contributed by atoms with E-state index in [2.05, 4.69) is 10.00 Å². The van der Waals surface area contributed by atoms with Crippen LogP contribution in [0.4, 0.5) is 0 Å². The molecule has 1 amide bonds. The van der Waals surface area contributed by atoms with Crippen molar-refractivity contribution in [3.63, 3.8) is 0 Å². The molecule has 6 heteroatoms. The summed E-state index contributed by atoms with van der Waals surface area (Å²) in [4.78, 5) is 16.5. The molecule has 1 aromatic rings. The molecule has 1 saturated heterocycles. The van der Waals surface area contributed by atoms with E-state index < -0.39 is 5.60 Å². The minimum Gasteiger partial charge on any atom is -0.389 e. The molecule has 0 radical (unpaired) electrons. The highest BCUT2D eigenvalue weighted by atomic mass is 16.3. The molecule has 20 heavy (non-hydrogen) atoms. The summed E-state index contributed by atoms with van der Waals surface area (Å²) < 4.78 is 1.72. The van der Waals surface area contributed by atoms with Crippen LogP contribution in [-0.2, 0) is 7.05 Å². The third-order valence-corrected chi connectivity index (χ3v) is 3.74. The minimum atomic E-state index is -0.688. The van der Waals surface area contributed by atoms with Gasteiger partial charge in [0.1, 0.15) is 0 Å². The summed E-state index contributed by atoms with van der Waals surface area (Å²) in [5, 5.41) is 14.0. The zero-order valence-corrected chi connectivity index (χ0v) is 12.8. The lowest BCUT2D eigenvalue weighted by Gasteiger charge is -2.37. The molecule has 0 bridgehead atoms. The van der Waals surface area contributed by atoms with Crippen LogP contribution < -0.4 is 0 Å². The molecular formula is C14H24N4O2. The molecule has 1 aliphatic rings. The van der Waals surface area contributed by atoms with Gasteiger partial charge in [-0.15, -0.1) is 0 Å². The Morgan fingerprint density at radius 1 is 1.35 bits per heavy atom. The van der Waals surface area contributed by atoms with Crippen LogP contribution in [0.1, 0.15) is 29.9 Å². The Hall–Kier alpha value is -1.40. The monoisotopic (exact) mass is 280 g/mol. The molecule has 112 valence electrons. The van der Waals surface area contributed by atoms with E-state index in [4.69, 9.17) is 0 Å². The number of aliphatic hydroxyl groups is 1. The van der Waals surface area contributed by atoms with Crippen molar-refractivity contribution in [3.05, 3.63) is 17.5 Å². The molecule has 1 aliphatic heterocycles. The van der Waals surface area contributed by atoms with E-state index in [9.17, 15) is 9.90 Å². The van der Waals surface area contributed by atoms with Gasteiger partial charge in [-0.3, -0.25) is 14.4 Å². The summed E-state index contributed by atoms with van der Waals surface area (Å²) in [5.41, 5.74) is 0.893. The van der Waals surface area contributed by atoms with Crippen LogP contribution in [-0.4, -0.2) is 68.9 Å². The van der Waals surface area contributed by atoms with Gasteiger partial charge in [0.15, 0.2) is 0 Å². The number of rotatable bonds is 3. The van der Waals surface area contributed by atoms with Crippen LogP contribution in [0, 0.1) is 6.92 Å². The minimum absolute atomic E-state index is 0.0542. The maximum Gasteiger partial charge on any atom is 0.257 e. The highest BCUT2D eigenvalue weighted by Gasteiger charge is 2.26. The average Bonchev–Trinajstić information content (AvgIpc) is 2.68. The molecule has 0 aromatic carbocycles. The average molecular weight is 280 g/mol. The van der Waals surface area contributed by atoms with Gasteiger partial charge in [0.05, 0.1) is 17.4 Å². The van der Waals surface area contributed by atoms with Crippen molar-refractivity contribution in [2.45, 2.75) is 26.4 Å². The van der Waals surface area contributed by atoms with E-state index in [0.29, 0.717) is 25.2 Å². The first-order chi connectivity index (χ1) is 9.28. The van der Waals surface area contributed by atoms with E-state index in [1.54, 1.807) is 10.9 Å². The fourth-order valence-corrected chi connectivity index (χ4v) is 2.54. The van der Waals surface area contributed by atoms with E-state index in [0.717, 1.165) is 18.8 Å². The van der Waals surface area contributed by atoms with Crippen molar-refractivity contribution in [1.29, 1.82) is 0 Å². The van der Waals surface area contributed by atoms with Crippen LogP contribution >= 0.6 is 0 Å².